The highest BCUT2D eigenvalue weighted by Gasteiger charge is 2.22. The third-order valence-corrected chi connectivity index (χ3v) is 4.08. The van der Waals surface area contributed by atoms with Gasteiger partial charge in [-0.05, 0) is 30.2 Å². The number of methoxy groups -OCH3 is 1. The number of benzene rings is 2. The lowest BCUT2D eigenvalue weighted by atomic mass is 10.1. The minimum atomic E-state index is -0.692. The molecule has 0 aromatic heterocycles. The van der Waals surface area contributed by atoms with Crippen molar-refractivity contribution in [2.75, 3.05) is 30.4 Å². The van der Waals surface area contributed by atoms with Gasteiger partial charge in [-0.3, -0.25) is 9.69 Å². The molecule has 3 rings (SSSR count). The highest BCUT2D eigenvalue weighted by atomic mass is 16.5. The Morgan fingerprint density at radius 2 is 2.00 bits per heavy atom. The Bertz CT molecular complexity index is 749. The molecule has 1 fully saturated rings. The number of urea groups is 1. The Morgan fingerprint density at radius 3 is 2.72 bits per heavy atom. The van der Waals surface area contributed by atoms with Crippen LogP contribution in [-0.4, -0.2) is 32.1 Å². The van der Waals surface area contributed by atoms with Gasteiger partial charge in [0.15, 0.2) is 6.10 Å². The molecule has 1 heterocycles. The van der Waals surface area contributed by atoms with Gasteiger partial charge in [0.1, 0.15) is 0 Å². The second-order valence-corrected chi connectivity index (χ2v) is 5.80. The van der Waals surface area contributed by atoms with Gasteiger partial charge in [-0.1, -0.05) is 36.4 Å². The van der Waals surface area contributed by atoms with Crippen molar-refractivity contribution in [2.24, 2.45) is 0 Å². The van der Waals surface area contributed by atoms with Gasteiger partial charge in [0, 0.05) is 31.6 Å². The smallest absolute Gasteiger partial charge is 0.321 e. The Morgan fingerprint density at radius 1 is 1.20 bits per heavy atom. The minimum absolute atomic E-state index is 0.117. The summed E-state index contributed by atoms with van der Waals surface area (Å²) in [7, 11) is 1.51. The first-order chi connectivity index (χ1) is 12.2. The maximum absolute atomic E-state index is 12.6. The van der Waals surface area contributed by atoms with E-state index in [1.165, 1.54) is 7.11 Å². The van der Waals surface area contributed by atoms with Crippen molar-refractivity contribution >= 4 is 23.3 Å². The predicted molar refractivity (Wildman–Crippen MR) is 96.6 cm³/mol. The minimum Gasteiger partial charge on any atom is -0.367 e. The van der Waals surface area contributed by atoms with Gasteiger partial charge in [-0.15, -0.1) is 0 Å². The molecule has 1 aliphatic rings. The predicted octanol–water partition coefficient (Wildman–Crippen LogP) is 2.93. The lowest BCUT2D eigenvalue weighted by Gasteiger charge is -2.27. The van der Waals surface area contributed by atoms with Crippen LogP contribution in [0.3, 0.4) is 0 Å². The van der Waals surface area contributed by atoms with E-state index in [0.717, 1.165) is 17.7 Å². The molecular weight excluding hydrogens is 318 g/mol. The third kappa shape index (κ3) is 3.97. The zero-order chi connectivity index (χ0) is 17.6. The Hall–Kier alpha value is -2.86. The van der Waals surface area contributed by atoms with Crippen molar-refractivity contribution < 1.29 is 14.3 Å². The van der Waals surface area contributed by atoms with Gasteiger partial charge >= 0.3 is 6.03 Å². The second-order valence-electron chi connectivity index (χ2n) is 5.80. The molecule has 1 saturated heterocycles. The van der Waals surface area contributed by atoms with E-state index in [2.05, 4.69) is 10.6 Å². The van der Waals surface area contributed by atoms with Crippen LogP contribution in [-0.2, 0) is 9.53 Å². The zero-order valence-corrected chi connectivity index (χ0v) is 14.1. The van der Waals surface area contributed by atoms with E-state index >= 15 is 0 Å². The molecule has 6 heteroatoms. The lowest BCUT2D eigenvalue weighted by molar-refractivity contribution is -0.126. The molecule has 3 amide bonds. The van der Waals surface area contributed by atoms with Crippen molar-refractivity contribution in [3.05, 3.63) is 60.2 Å². The van der Waals surface area contributed by atoms with Crippen LogP contribution in [0.5, 0.6) is 0 Å². The SMILES string of the molecule is COC(C(=O)Nc1cccc(N2CCCNC2=O)c1)c1ccccc1. The van der Waals surface area contributed by atoms with Crippen LogP contribution in [0.2, 0.25) is 0 Å². The Labute approximate surface area is 146 Å². The standard InChI is InChI=1S/C19H21N3O3/c1-25-17(14-7-3-2-4-8-14)18(23)21-15-9-5-10-16(13-15)22-12-6-11-20-19(22)24/h2-5,7-10,13,17H,6,11-12H2,1H3,(H,20,24)(H,21,23). The van der Waals surface area contributed by atoms with E-state index < -0.39 is 6.10 Å². The number of anilines is 2. The average Bonchev–Trinajstić information content (AvgIpc) is 2.64. The molecule has 2 aromatic carbocycles. The summed E-state index contributed by atoms with van der Waals surface area (Å²) in [5.74, 6) is -0.256. The van der Waals surface area contributed by atoms with Crippen LogP contribution >= 0.6 is 0 Å². The number of nitrogens with zero attached hydrogens (tertiary/aromatic N) is 1. The van der Waals surface area contributed by atoms with E-state index in [0.29, 0.717) is 18.8 Å². The summed E-state index contributed by atoms with van der Waals surface area (Å²) in [4.78, 5) is 26.2. The second kappa shape index (κ2) is 7.81. The highest BCUT2D eigenvalue weighted by molar-refractivity contribution is 5.97. The van der Waals surface area contributed by atoms with E-state index in [-0.39, 0.29) is 11.9 Å². The van der Waals surface area contributed by atoms with Crippen LogP contribution in [0.25, 0.3) is 0 Å². The Kier molecular flexibility index (Phi) is 5.30. The molecule has 0 saturated carbocycles. The van der Waals surface area contributed by atoms with Crippen LogP contribution in [0, 0.1) is 0 Å². The summed E-state index contributed by atoms with van der Waals surface area (Å²) < 4.78 is 5.35. The average molecular weight is 339 g/mol. The molecule has 0 bridgehead atoms. The number of carbonyl (C=O) groups excluding carboxylic acids is 2. The van der Waals surface area contributed by atoms with Crippen LogP contribution in [0.1, 0.15) is 18.1 Å². The van der Waals surface area contributed by atoms with Crippen LogP contribution in [0.15, 0.2) is 54.6 Å². The third-order valence-electron chi connectivity index (χ3n) is 4.08. The molecule has 1 aliphatic heterocycles. The molecule has 1 atom stereocenters. The van der Waals surface area contributed by atoms with Gasteiger partial charge in [0.05, 0.1) is 0 Å². The van der Waals surface area contributed by atoms with Crippen molar-refractivity contribution in [2.45, 2.75) is 12.5 Å². The van der Waals surface area contributed by atoms with Crippen molar-refractivity contribution in [3.63, 3.8) is 0 Å². The fraction of sp³-hybridized carbons (Fsp3) is 0.263. The fourth-order valence-electron chi connectivity index (χ4n) is 2.86. The first kappa shape index (κ1) is 17.0. The summed E-state index contributed by atoms with van der Waals surface area (Å²) in [6, 6.07) is 16.5. The maximum Gasteiger partial charge on any atom is 0.321 e. The number of rotatable bonds is 5. The van der Waals surface area contributed by atoms with Gasteiger partial charge in [-0.25, -0.2) is 4.79 Å². The van der Waals surface area contributed by atoms with Gasteiger partial charge < -0.3 is 15.4 Å². The highest BCUT2D eigenvalue weighted by Crippen LogP contribution is 2.23. The molecule has 0 radical (unpaired) electrons. The number of nitrogens with one attached hydrogen (secondary N) is 2. The molecule has 130 valence electrons. The number of hydrogen-bond donors (Lipinski definition) is 2. The summed E-state index contributed by atoms with van der Waals surface area (Å²) in [5, 5.41) is 5.68. The first-order valence-corrected chi connectivity index (χ1v) is 8.23. The van der Waals surface area contributed by atoms with Crippen molar-refractivity contribution in [3.8, 4) is 0 Å². The summed E-state index contributed by atoms with van der Waals surface area (Å²) in [6.07, 6.45) is 0.199. The number of carbonyl (C=O) groups is 2. The van der Waals surface area contributed by atoms with Crippen molar-refractivity contribution in [1.82, 2.24) is 5.32 Å². The molecule has 6 nitrogen and oxygen atoms in total. The van der Waals surface area contributed by atoms with E-state index in [4.69, 9.17) is 4.74 Å². The fourth-order valence-corrected chi connectivity index (χ4v) is 2.86. The Balaban J connectivity index is 1.75. The summed E-state index contributed by atoms with van der Waals surface area (Å²) in [6.45, 7) is 1.35. The molecule has 0 spiro atoms. The monoisotopic (exact) mass is 339 g/mol. The van der Waals surface area contributed by atoms with Crippen LogP contribution in [0.4, 0.5) is 16.2 Å². The lowest BCUT2D eigenvalue weighted by Crippen LogP contribution is -2.46. The van der Waals surface area contributed by atoms with Crippen molar-refractivity contribution in [1.29, 1.82) is 0 Å². The number of ether oxygens (including phenoxy) is 1. The largest absolute Gasteiger partial charge is 0.367 e. The molecule has 2 N–H and O–H groups in total. The molecule has 2 aromatic rings. The van der Waals surface area contributed by atoms with E-state index in [1.54, 1.807) is 17.0 Å². The maximum atomic E-state index is 12.6. The topological polar surface area (TPSA) is 70.7 Å². The first-order valence-electron chi connectivity index (χ1n) is 8.23. The van der Waals surface area contributed by atoms with Gasteiger partial charge in [0.2, 0.25) is 0 Å². The van der Waals surface area contributed by atoms with Gasteiger partial charge in [-0.2, -0.15) is 0 Å². The number of hydrogen-bond acceptors (Lipinski definition) is 3. The van der Waals surface area contributed by atoms with E-state index in [1.807, 2.05) is 42.5 Å². The molecule has 1 unspecified atom stereocenters. The summed E-state index contributed by atoms with van der Waals surface area (Å²) >= 11 is 0. The quantitative estimate of drug-likeness (QED) is 0.880. The molecule has 0 aliphatic carbocycles. The summed E-state index contributed by atoms with van der Waals surface area (Å²) in [5.41, 5.74) is 2.16. The zero-order valence-electron chi connectivity index (χ0n) is 14.1. The number of amides is 3. The molecule has 25 heavy (non-hydrogen) atoms. The normalized spacial score (nSPS) is 15.4. The van der Waals surface area contributed by atoms with Gasteiger partial charge in [0.25, 0.3) is 5.91 Å². The van der Waals surface area contributed by atoms with Crippen LogP contribution < -0.4 is 15.5 Å². The molecular formula is C19H21N3O3. The van der Waals surface area contributed by atoms with E-state index in [9.17, 15) is 9.59 Å².